The second-order valence-electron chi connectivity index (χ2n) is 10.5. The Hall–Kier alpha value is -2.29. The summed E-state index contributed by atoms with van der Waals surface area (Å²) in [5.41, 5.74) is 1.94. The molecule has 0 bridgehead atoms. The zero-order valence-corrected chi connectivity index (χ0v) is 25.5. The quantitative estimate of drug-likeness (QED) is 0.338. The van der Waals surface area contributed by atoms with Crippen LogP contribution in [0, 0.1) is 0 Å². The van der Waals surface area contributed by atoms with Crippen molar-refractivity contribution in [1.82, 2.24) is 10.2 Å². The highest BCUT2D eigenvalue weighted by Gasteiger charge is 2.33. The molecule has 1 aliphatic carbocycles. The molecule has 2 aromatic carbocycles. The molecule has 0 heterocycles. The molecule has 7 nitrogen and oxygen atoms in total. The van der Waals surface area contributed by atoms with Crippen LogP contribution in [-0.4, -0.2) is 50.0 Å². The van der Waals surface area contributed by atoms with E-state index in [2.05, 4.69) is 5.32 Å². The van der Waals surface area contributed by atoms with Gasteiger partial charge < -0.3 is 10.2 Å². The zero-order valence-electron chi connectivity index (χ0n) is 23.1. The van der Waals surface area contributed by atoms with Gasteiger partial charge >= 0.3 is 0 Å². The zero-order chi connectivity index (χ0) is 28.7. The van der Waals surface area contributed by atoms with Crippen LogP contribution in [0.5, 0.6) is 0 Å². The maximum Gasteiger partial charge on any atom is 0.244 e. The number of hydrogen-bond acceptors (Lipinski definition) is 4. The van der Waals surface area contributed by atoms with Gasteiger partial charge in [0, 0.05) is 28.2 Å². The largest absolute Gasteiger partial charge is 0.352 e. The van der Waals surface area contributed by atoms with Gasteiger partial charge in [-0.05, 0) is 55.0 Å². The smallest absolute Gasteiger partial charge is 0.244 e. The number of carbonyl (C=O) groups is 2. The molecule has 0 saturated heterocycles. The Balaban J connectivity index is 1.95. The summed E-state index contributed by atoms with van der Waals surface area (Å²) in [6.07, 6.45) is 6.48. The van der Waals surface area contributed by atoms with Crippen molar-refractivity contribution in [3.05, 3.63) is 63.6 Å². The van der Waals surface area contributed by atoms with Gasteiger partial charge in [0.1, 0.15) is 12.6 Å². The molecule has 1 saturated carbocycles. The second-order valence-corrected chi connectivity index (χ2v) is 13.2. The number of rotatable bonds is 11. The number of sulfonamides is 1. The van der Waals surface area contributed by atoms with Gasteiger partial charge in [-0.25, -0.2) is 8.42 Å². The van der Waals surface area contributed by atoms with Crippen LogP contribution in [0.1, 0.15) is 76.3 Å². The standard InChI is InChI=1S/C29H39Cl2N3O4S/c1-5-27(29(36)32-22-10-7-6-8-11-22)33(18-24-25(30)12-9-13-26(24)31)28(35)19-34(39(4,37)38)23-16-14-21(15-17-23)20(2)3/h9,12-17,20,22,27H,5-8,10-11,18-19H2,1-4H3,(H,32,36)/t27-/m0/s1. The highest BCUT2D eigenvalue weighted by atomic mass is 35.5. The summed E-state index contributed by atoms with van der Waals surface area (Å²) in [6, 6.07) is 11.4. The minimum Gasteiger partial charge on any atom is -0.352 e. The number of anilines is 1. The van der Waals surface area contributed by atoms with E-state index >= 15 is 0 Å². The molecular weight excluding hydrogens is 557 g/mol. The lowest BCUT2D eigenvalue weighted by Gasteiger charge is -2.34. The highest BCUT2D eigenvalue weighted by molar-refractivity contribution is 7.92. The normalized spacial score (nSPS) is 15.2. The van der Waals surface area contributed by atoms with E-state index in [1.54, 1.807) is 30.3 Å². The monoisotopic (exact) mass is 595 g/mol. The number of carbonyl (C=O) groups excluding carboxylic acids is 2. The van der Waals surface area contributed by atoms with Crippen molar-refractivity contribution in [2.75, 3.05) is 17.1 Å². The molecule has 0 unspecified atom stereocenters. The Morgan fingerprint density at radius 3 is 2.10 bits per heavy atom. The van der Waals surface area contributed by atoms with E-state index in [1.807, 2.05) is 32.9 Å². The fraction of sp³-hybridized carbons (Fsp3) is 0.517. The van der Waals surface area contributed by atoms with Gasteiger partial charge in [-0.15, -0.1) is 0 Å². The maximum atomic E-state index is 13.9. The van der Waals surface area contributed by atoms with Crippen LogP contribution in [0.2, 0.25) is 10.0 Å². The number of halogens is 2. The average Bonchev–Trinajstić information content (AvgIpc) is 2.88. The van der Waals surface area contributed by atoms with Crippen LogP contribution < -0.4 is 9.62 Å². The summed E-state index contributed by atoms with van der Waals surface area (Å²) in [5.74, 6) is -0.501. The minimum absolute atomic E-state index is 0.0299. The summed E-state index contributed by atoms with van der Waals surface area (Å²) in [7, 11) is -3.81. The molecule has 3 rings (SSSR count). The van der Waals surface area contributed by atoms with Crippen LogP contribution in [-0.2, 0) is 26.2 Å². The van der Waals surface area contributed by atoms with E-state index in [-0.39, 0.29) is 24.4 Å². The van der Waals surface area contributed by atoms with Gasteiger partial charge in [0.15, 0.2) is 0 Å². The van der Waals surface area contributed by atoms with Gasteiger partial charge in [0.25, 0.3) is 0 Å². The molecule has 2 amide bonds. The first-order chi connectivity index (χ1) is 18.4. The Morgan fingerprint density at radius 2 is 1.59 bits per heavy atom. The molecular formula is C29H39Cl2N3O4S. The van der Waals surface area contributed by atoms with Crippen molar-refractivity contribution in [3.63, 3.8) is 0 Å². The number of nitrogens with zero attached hydrogens (tertiary/aromatic N) is 2. The lowest BCUT2D eigenvalue weighted by Crippen LogP contribution is -2.54. The molecule has 2 aromatic rings. The lowest BCUT2D eigenvalue weighted by molar-refractivity contribution is -0.140. The molecule has 1 N–H and O–H groups in total. The molecule has 214 valence electrons. The predicted octanol–water partition coefficient (Wildman–Crippen LogP) is 6.14. The summed E-state index contributed by atoms with van der Waals surface area (Å²) >= 11 is 12.9. The first kappa shape index (κ1) is 31.2. The first-order valence-corrected chi connectivity index (χ1v) is 16.1. The molecule has 0 aromatic heterocycles. The number of benzene rings is 2. The second kappa shape index (κ2) is 13.9. The summed E-state index contributed by atoms with van der Waals surface area (Å²) in [5, 5.41) is 3.86. The molecule has 1 fully saturated rings. The SMILES string of the molecule is CC[C@@H](C(=O)NC1CCCCC1)N(Cc1c(Cl)cccc1Cl)C(=O)CN(c1ccc(C(C)C)cc1)S(C)(=O)=O. The third-order valence-corrected chi connectivity index (χ3v) is 9.10. The van der Waals surface area contributed by atoms with Gasteiger partial charge in [-0.1, -0.05) is 81.4 Å². The molecule has 0 aliphatic heterocycles. The molecule has 10 heteroatoms. The number of hydrogen-bond donors (Lipinski definition) is 1. The van der Waals surface area contributed by atoms with Crippen molar-refractivity contribution in [3.8, 4) is 0 Å². The minimum atomic E-state index is -3.81. The van der Waals surface area contributed by atoms with E-state index in [0.717, 1.165) is 48.2 Å². The maximum absolute atomic E-state index is 13.9. The lowest BCUT2D eigenvalue weighted by atomic mass is 9.95. The summed E-state index contributed by atoms with van der Waals surface area (Å²) in [4.78, 5) is 28.8. The van der Waals surface area contributed by atoms with E-state index in [4.69, 9.17) is 23.2 Å². The fourth-order valence-corrected chi connectivity index (χ4v) is 6.32. The highest BCUT2D eigenvalue weighted by Crippen LogP contribution is 2.28. The average molecular weight is 597 g/mol. The molecule has 1 atom stereocenters. The van der Waals surface area contributed by atoms with Crippen LogP contribution in [0.25, 0.3) is 0 Å². The Morgan fingerprint density at radius 1 is 1.00 bits per heavy atom. The number of nitrogens with one attached hydrogen (secondary N) is 1. The van der Waals surface area contributed by atoms with Crippen molar-refractivity contribution < 1.29 is 18.0 Å². The van der Waals surface area contributed by atoms with Crippen LogP contribution >= 0.6 is 23.2 Å². The third-order valence-electron chi connectivity index (χ3n) is 7.25. The summed E-state index contributed by atoms with van der Waals surface area (Å²) < 4.78 is 26.8. The summed E-state index contributed by atoms with van der Waals surface area (Å²) in [6.45, 7) is 5.44. The van der Waals surface area contributed by atoms with E-state index in [0.29, 0.717) is 27.7 Å². The molecule has 39 heavy (non-hydrogen) atoms. The van der Waals surface area contributed by atoms with Crippen molar-refractivity contribution in [2.45, 2.75) is 83.8 Å². The van der Waals surface area contributed by atoms with Crippen LogP contribution in [0.3, 0.4) is 0 Å². The molecule has 1 aliphatic rings. The fourth-order valence-electron chi connectivity index (χ4n) is 4.96. The van der Waals surface area contributed by atoms with Crippen LogP contribution in [0.15, 0.2) is 42.5 Å². The van der Waals surface area contributed by atoms with Gasteiger partial charge in [-0.2, -0.15) is 0 Å². The van der Waals surface area contributed by atoms with Crippen molar-refractivity contribution in [2.24, 2.45) is 0 Å². The van der Waals surface area contributed by atoms with Crippen LogP contribution in [0.4, 0.5) is 5.69 Å². The Bertz CT molecular complexity index is 1230. The van der Waals surface area contributed by atoms with Crippen molar-refractivity contribution >= 4 is 50.7 Å². The van der Waals surface area contributed by atoms with E-state index in [1.165, 1.54) is 4.90 Å². The first-order valence-electron chi connectivity index (χ1n) is 13.5. The Labute approximate surface area is 242 Å². The molecule has 0 spiro atoms. The van der Waals surface area contributed by atoms with Crippen molar-refractivity contribution in [1.29, 1.82) is 0 Å². The predicted molar refractivity (Wildman–Crippen MR) is 159 cm³/mol. The molecule has 0 radical (unpaired) electrons. The van der Waals surface area contributed by atoms with Gasteiger partial charge in [0.2, 0.25) is 21.8 Å². The van der Waals surface area contributed by atoms with E-state index in [9.17, 15) is 18.0 Å². The Kier molecular flexibility index (Phi) is 11.1. The van der Waals surface area contributed by atoms with Gasteiger partial charge in [0.05, 0.1) is 11.9 Å². The topological polar surface area (TPSA) is 86.8 Å². The van der Waals surface area contributed by atoms with E-state index < -0.39 is 28.5 Å². The third kappa shape index (κ3) is 8.35. The number of amides is 2. The van der Waals surface area contributed by atoms with Gasteiger partial charge in [-0.3, -0.25) is 13.9 Å².